The first-order chi connectivity index (χ1) is 9.28. The molecule has 0 saturated carbocycles. The lowest BCUT2D eigenvalue weighted by Crippen LogP contribution is -2.20. The summed E-state index contributed by atoms with van der Waals surface area (Å²) in [7, 11) is 1.60. The maximum atomic E-state index is 11.7. The number of para-hydroxylation sites is 1. The van der Waals surface area contributed by atoms with E-state index in [-0.39, 0.29) is 12.5 Å². The van der Waals surface area contributed by atoms with Crippen LogP contribution in [0.5, 0.6) is 11.5 Å². The van der Waals surface area contributed by atoms with Gasteiger partial charge in [-0.1, -0.05) is 18.2 Å². The molecule has 98 valence electrons. The summed E-state index contributed by atoms with van der Waals surface area (Å²) in [6.07, 6.45) is 0. The Labute approximate surface area is 112 Å². The maximum Gasteiger partial charge on any atom is 0.262 e. The third-order valence-corrected chi connectivity index (χ3v) is 2.49. The van der Waals surface area contributed by atoms with E-state index in [4.69, 9.17) is 9.47 Å². The molecule has 0 fully saturated rings. The summed E-state index contributed by atoms with van der Waals surface area (Å²) in [5.74, 6) is 1.22. The maximum absolute atomic E-state index is 11.7. The van der Waals surface area contributed by atoms with Gasteiger partial charge in [0.15, 0.2) is 6.61 Å². The number of hydrogen-bond acceptors (Lipinski definition) is 3. The van der Waals surface area contributed by atoms with Crippen molar-refractivity contribution in [3.05, 3.63) is 54.6 Å². The van der Waals surface area contributed by atoms with Gasteiger partial charge in [-0.3, -0.25) is 4.79 Å². The SMILES string of the molecule is COc1ccc(NC(=O)COc2ccccc2)cc1. The minimum Gasteiger partial charge on any atom is -0.497 e. The number of anilines is 1. The van der Waals surface area contributed by atoms with Crippen LogP contribution < -0.4 is 14.8 Å². The van der Waals surface area contributed by atoms with Gasteiger partial charge in [-0.15, -0.1) is 0 Å². The highest BCUT2D eigenvalue weighted by molar-refractivity contribution is 5.91. The molecular weight excluding hydrogens is 242 g/mol. The Kier molecular flexibility index (Phi) is 4.39. The van der Waals surface area contributed by atoms with Gasteiger partial charge in [0, 0.05) is 5.69 Å². The van der Waals surface area contributed by atoms with E-state index in [0.29, 0.717) is 11.4 Å². The number of ether oxygens (including phenoxy) is 2. The van der Waals surface area contributed by atoms with Crippen LogP contribution >= 0.6 is 0 Å². The first-order valence-corrected chi connectivity index (χ1v) is 5.89. The van der Waals surface area contributed by atoms with Crippen molar-refractivity contribution >= 4 is 11.6 Å². The summed E-state index contributed by atoms with van der Waals surface area (Å²) >= 11 is 0. The molecule has 0 aliphatic heterocycles. The molecule has 4 nitrogen and oxygen atoms in total. The average Bonchev–Trinajstić information content (AvgIpc) is 2.47. The fourth-order valence-corrected chi connectivity index (χ4v) is 1.54. The van der Waals surface area contributed by atoms with Crippen molar-refractivity contribution in [3.63, 3.8) is 0 Å². The zero-order valence-corrected chi connectivity index (χ0v) is 10.6. The Morgan fingerprint density at radius 2 is 1.68 bits per heavy atom. The summed E-state index contributed by atoms with van der Waals surface area (Å²) in [5.41, 5.74) is 0.711. The van der Waals surface area contributed by atoms with E-state index in [1.165, 1.54) is 0 Å². The third kappa shape index (κ3) is 4.03. The Bertz CT molecular complexity index is 523. The molecule has 0 radical (unpaired) electrons. The summed E-state index contributed by atoms with van der Waals surface area (Å²) in [4.78, 5) is 11.7. The molecule has 0 spiro atoms. The lowest BCUT2D eigenvalue weighted by molar-refractivity contribution is -0.118. The van der Waals surface area contributed by atoms with Gasteiger partial charge in [-0.05, 0) is 36.4 Å². The molecule has 0 aliphatic rings. The lowest BCUT2D eigenvalue weighted by atomic mass is 10.3. The van der Waals surface area contributed by atoms with Crippen LogP contribution in [0.2, 0.25) is 0 Å². The number of methoxy groups -OCH3 is 1. The highest BCUT2D eigenvalue weighted by Gasteiger charge is 2.03. The largest absolute Gasteiger partial charge is 0.497 e. The van der Waals surface area contributed by atoms with E-state index in [9.17, 15) is 4.79 Å². The van der Waals surface area contributed by atoms with Crippen LogP contribution in [-0.4, -0.2) is 19.6 Å². The van der Waals surface area contributed by atoms with Crippen LogP contribution in [0.15, 0.2) is 54.6 Å². The van der Waals surface area contributed by atoms with Gasteiger partial charge < -0.3 is 14.8 Å². The van der Waals surface area contributed by atoms with Crippen LogP contribution in [0, 0.1) is 0 Å². The van der Waals surface area contributed by atoms with E-state index >= 15 is 0 Å². The van der Waals surface area contributed by atoms with Crippen molar-refractivity contribution in [2.45, 2.75) is 0 Å². The van der Waals surface area contributed by atoms with Crippen molar-refractivity contribution in [1.29, 1.82) is 0 Å². The smallest absolute Gasteiger partial charge is 0.262 e. The zero-order valence-electron chi connectivity index (χ0n) is 10.6. The summed E-state index contributed by atoms with van der Waals surface area (Å²) in [6, 6.07) is 16.3. The number of carbonyl (C=O) groups excluding carboxylic acids is 1. The molecule has 0 heterocycles. The fraction of sp³-hybridized carbons (Fsp3) is 0.133. The Hall–Kier alpha value is -2.49. The molecule has 0 aliphatic carbocycles. The second kappa shape index (κ2) is 6.44. The van der Waals surface area contributed by atoms with Gasteiger partial charge in [0.1, 0.15) is 11.5 Å². The molecule has 1 N–H and O–H groups in total. The van der Waals surface area contributed by atoms with Gasteiger partial charge >= 0.3 is 0 Å². The van der Waals surface area contributed by atoms with Crippen LogP contribution in [0.4, 0.5) is 5.69 Å². The minimum atomic E-state index is -0.200. The van der Waals surface area contributed by atoms with Crippen molar-refractivity contribution in [3.8, 4) is 11.5 Å². The second-order valence-corrected chi connectivity index (χ2v) is 3.88. The van der Waals surface area contributed by atoms with Crippen LogP contribution in [0.3, 0.4) is 0 Å². The Morgan fingerprint density at radius 1 is 1.00 bits per heavy atom. The predicted octanol–water partition coefficient (Wildman–Crippen LogP) is 2.71. The summed E-state index contributed by atoms with van der Waals surface area (Å²) in [5, 5.41) is 2.74. The number of amides is 1. The standard InChI is InChI=1S/C15H15NO3/c1-18-13-9-7-12(8-10-13)16-15(17)11-19-14-5-3-2-4-6-14/h2-10H,11H2,1H3,(H,16,17). The second-order valence-electron chi connectivity index (χ2n) is 3.88. The number of carbonyl (C=O) groups is 1. The number of rotatable bonds is 5. The predicted molar refractivity (Wildman–Crippen MR) is 73.6 cm³/mol. The van der Waals surface area contributed by atoms with Crippen molar-refractivity contribution in [2.24, 2.45) is 0 Å². The molecular formula is C15H15NO3. The van der Waals surface area contributed by atoms with Gasteiger partial charge in [0.2, 0.25) is 0 Å². The molecule has 0 atom stereocenters. The topological polar surface area (TPSA) is 47.6 Å². The number of hydrogen-bond donors (Lipinski definition) is 1. The van der Waals surface area contributed by atoms with Crippen molar-refractivity contribution < 1.29 is 14.3 Å². The van der Waals surface area contributed by atoms with E-state index in [1.807, 2.05) is 18.2 Å². The first kappa shape index (κ1) is 13.0. The summed E-state index contributed by atoms with van der Waals surface area (Å²) < 4.78 is 10.4. The average molecular weight is 257 g/mol. The molecule has 0 unspecified atom stereocenters. The Balaban J connectivity index is 1.83. The summed E-state index contributed by atoms with van der Waals surface area (Å²) in [6.45, 7) is -0.0178. The molecule has 2 aromatic rings. The molecule has 1 amide bonds. The van der Waals surface area contributed by atoms with Gasteiger partial charge in [-0.2, -0.15) is 0 Å². The van der Waals surface area contributed by atoms with Crippen LogP contribution in [-0.2, 0) is 4.79 Å². The van der Waals surface area contributed by atoms with E-state index in [1.54, 1.807) is 43.5 Å². The van der Waals surface area contributed by atoms with Crippen molar-refractivity contribution in [2.75, 3.05) is 19.0 Å². The van der Waals surface area contributed by atoms with E-state index < -0.39 is 0 Å². The van der Waals surface area contributed by atoms with Crippen LogP contribution in [0.1, 0.15) is 0 Å². The fourth-order valence-electron chi connectivity index (χ4n) is 1.54. The quantitative estimate of drug-likeness (QED) is 0.895. The van der Waals surface area contributed by atoms with Crippen molar-refractivity contribution in [1.82, 2.24) is 0 Å². The Morgan fingerprint density at radius 3 is 2.32 bits per heavy atom. The van der Waals surface area contributed by atoms with Crippen LogP contribution in [0.25, 0.3) is 0 Å². The van der Waals surface area contributed by atoms with E-state index in [0.717, 1.165) is 5.75 Å². The highest BCUT2D eigenvalue weighted by atomic mass is 16.5. The molecule has 2 rings (SSSR count). The number of nitrogens with one attached hydrogen (secondary N) is 1. The highest BCUT2D eigenvalue weighted by Crippen LogP contribution is 2.15. The van der Waals surface area contributed by atoms with Gasteiger partial charge in [0.05, 0.1) is 7.11 Å². The van der Waals surface area contributed by atoms with E-state index in [2.05, 4.69) is 5.32 Å². The molecule has 4 heteroatoms. The third-order valence-electron chi connectivity index (χ3n) is 2.49. The lowest BCUT2D eigenvalue weighted by Gasteiger charge is -2.08. The molecule has 0 aromatic heterocycles. The van der Waals surface area contributed by atoms with Gasteiger partial charge in [0.25, 0.3) is 5.91 Å². The van der Waals surface area contributed by atoms with Gasteiger partial charge in [-0.25, -0.2) is 0 Å². The molecule has 0 saturated heterocycles. The zero-order chi connectivity index (χ0) is 13.5. The molecule has 0 bridgehead atoms. The molecule has 19 heavy (non-hydrogen) atoms. The minimum absolute atomic E-state index is 0.0178. The normalized spacial score (nSPS) is 9.74. The first-order valence-electron chi connectivity index (χ1n) is 5.89. The monoisotopic (exact) mass is 257 g/mol. The number of benzene rings is 2. The molecule has 2 aromatic carbocycles.